The monoisotopic (exact) mass is 478 g/mol. The van der Waals surface area contributed by atoms with Crippen LogP contribution in [0.2, 0.25) is 0 Å². The Hall–Kier alpha value is -2.98. The van der Waals surface area contributed by atoms with E-state index in [9.17, 15) is 26.4 Å². The number of hydrogen-bond donors (Lipinski definition) is 1. The van der Waals surface area contributed by atoms with Crippen LogP contribution in [0.15, 0.2) is 70.5 Å². The maximum absolute atomic E-state index is 13.8. The Labute approximate surface area is 187 Å². The van der Waals surface area contributed by atoms with Gasteiger partial charge >= 0.3 is 0 Å². The predicted molar refractivity (Wildman–Crippen MR) is 116 cm³/mol. The van der Waals surface area contributed by atoms with Crippen LogP contribution in [-0.4, -0.2) is 26.6 Å². The molecule has 0 unspecified atom stereocenters. The summed E-state index contributed by atoms with van der Waals surface area (Å²) < 4.78 is 68.3. The van der Waals surface area contributed by atoms with Crippen molar-refractivity contribution in [2.45, 2.75) is 16.3 Å². The number of carbonyl (C=O) groups excluding carboxylic acids is 1. The molecule has 0 radical (unpaired) electrons. The SMILES string of the molecule is O=C(NCc1c(F)cc(F)cc1F)c1ccc2c(c1)N(S(=O)(=O)c1ccccc1)CCS2. The fourth-order valence-corrected chi connectivity index (χ4v) is 5.96. The zero-order chi connectivity index (χ0) is 22.9. The van der Waals surface area contributed by atoms with Gasteiger partial charge in [0.15, 0.2) is 0 Å². The number of hydrogen-bond acceptors (Lipinski definition) is 4. The third-order valence-corrected chi connectivity index (χ3v) is 7.77. The summed E-state index contributed by atoms with van der Waals surface area (Å²) >= 11 is 1.47. The molecule has 0 atom stereocenters. The number of halogens is 3. The molecule has 0 spiro atoms. The molecule has 3 aromatic rings. The average molecular weight is 479 g/mol. The molecule has 1 amide bonds. The van der Waals surface area contributed by atoms with Gasteiger partial charge in [0.2, 0.25) is 0 Å². The lowest BCUT2D eigenvalue weighted by Crippen LogP contribution is -2.35. The van der Waals surface area contributed by atoms with Gasteiger partial charge in [-0.05, 0) is 30.3 Å². The minimum Gasteiger partial charge on any atom is -0.348 e. The fraction of sp³-hybridized carbons (Fsp3) is 0.136. The molecule has 0 fully saturated rings. The van der Waals surface area contributed by atoms with Crippen LogP contribution in [0.1, 0.15) is 15.9 Å². The van der Waals surface area contributed by atoms with E-state index in [1.165, 1.54) is 40.3 Å². The molecule has 4 rings (SSSR count). The molecular formula is C22H17F3N2O3S2. The van der Waals surface area contributed by atoms with Crippen molar-refractivity contribution in [3.63, 3.8) is 0 Å². The molecule has 1 aliphatic rings. The summed E-state index contributed by atoms with van der Waals surface area (Å²) in [5, 5.41) is 2.39. The molecule has 5 nitrogen and oxygen atoms in total. The van der Waals surface area contributed by atoms with Gasteiger partial charge in [0.25, 0.3) is 15.9 Å². The molecule has 1 N–H and O–H groups in total. The molecule has 1 heterocycles. The molecule has 0 saturated heterocycles. The number of rotatable bonds is 5. The number of thioether (sulfide) groups is 1. The number of nitrogens with one attached hydrogen (secondary N) is 1. The maximum Gasteiger partial charge on any atom is 0.264 e. The van der Waals surface area contributed by atoms with Gasteiger partial charge in [-0.2, -0.15) is 0 Å². The lowest BCUT2D eigenvalue weighted by molar-refractivity contribution is 0.0950. The Balaban J connectivity index is 1.60. The minimum absolute atomic E-state index is 0.127. The molecule has 1 aliphatic heterocycles. The van der Waals surface area contributed by atoms with E-state index in [2.05, 4.69) is 5.32 Å². The summed E-state index contributed by atoms with van der Waals surface area (Å²) in [6.07, 6.45) is 0. The zero-order valence-corrected chi connectivity index (χ0v) is 18.2. The van der Waals surface area contributed by atoms with Crippen LogP contribution in [0.4, 0.5) is 18.9 Å². The van der Waals surface area contributed by atoms with E-state index in [4.69, 9.17) is 0 Å². The van der Waals surface area contributed by atoms with E-state index < -0.39 is 45.5 Å². The van der Waals surface area contributed by atoms with Gasteiger partial charge < -0.3 is 5.32 Å². The van der Waals surface area contributed by atoms with Crippen LogP contribution in [-0.2, 0) is 16.6 Å². The summed E-state index contributed by atoms with van der Waals surface area (Å²) in [5.41, 5.74) is 0.0147. The second kappa shape index (κ2) is 8.87. The third kappa shape index (κ3) is 4.33. The standard InChI is InChI=1S/C22H17F3N2O3S2/c23-15-11-18(24)17(19(25)12-15)13-26-22(28)14-6-7-21-20(10-14)27(8-9-31-21)32(29,30)16-4-2-1-3-5-16/h1-7,10-12H,8-9,13H2,(H,26,28). The quantitative estimate of drug-likeness (QED) is 0.593. The first-order chi connectivity index (χ1) is 15.3. The van der Waals surface area contributed by atoms with Crippen molar-refractivity contribution in [1.82, 2.24) is 5.32 Å². The van der Waals surface area contributed by atoms with E-state index in [0.717, 1.165) is 0 Å². The van der Waals surface area contributed by atoms with E-state index >= 15 is 0 Å². The highest BCUT2D eigenvalue weighted by Crippen LogP contribution is 2.38. The summed E-state index contributed by atoms with van der Waals surface area (Å²) in [6.45, 7) is -0.263. The number of anilines is 1. The predicted octanol–water partition coefficient (Wildman–Crippen LogP) is 4.33. The molecule has 0 bridgehead atoms. The average Bonchev–Trinajstić information content (AvgIpc) is 2.78. The highest BCUT2D eigenvalue weighted by molar-refractivity contribution is 8.00. The number of carbonyl (C=O) groups is 1. The Morgan fingerprint density at radius 3 is 2.38 bits per heavy atom. The van der Waals surface area contributed by atoms with Crippen LogP contribution in [0, 0.1) is 17.5 Å². The van der Waals surface area contributed by atoms with Crippen LogP contribution in [0.25, 0.3) is 0 Å². The first kappa shape index (κ1) is 22.2. The lowest BCUT2D eigenvalue weighted by Gasteiger charge is -2.30. The molecular weight excluding hydrogens is 461 g/mol. The summed E-state index contributed by atoms with van der Waals surface area (Å²) in [7, 11) is -3.83. The number of fused-ring (bicyclic) bond motifs is 1. The molecule has 0 aliphatic carbocycles. The number of amides is 1. The van der Waals surface area contributed by atoms with Gasteiger partial charge in [0.05, 0.1) is 10.6 Å². The third-order valence-electron chi connectivity index (χ3n) is 4.90. The van der Waals surface area contributed by atoms with E-state index in [1.54, 1.807) is 24.3 Å². The molecule has 166 valence electrons. The van der Waals surface area contributed by atoms with Gasteiger partial charge in [-0.1, -0.05) is 18.2 Å². The lowest BCUT2D eigenvalue weighted by atomic mass is 10.1. The van der Waals surface area contributed by atoms with Gasteiger partial charge in [0.1, 0.15) is 17.5 Å². The normalized spacial score (nSPS) is 13.5. The van der Waals surface area contributed by atoms with Crippen LogP contribution in [0.3, 0.4) is 0 Å². The van der Waals surface area contributed by atoms with Crippen molar-refractivity contribution in [2.24, 2.45) is 0 Å². The Bertz CT molecular complexity index is 1260. The van der Waals surface area contributed by atoms with Crippen molar-refractivity contribution in [3.05, 3.63) is 89.2 Å². The van der Waals surface area contributed by atoms with Gasteiger partial charge in [-0.15, -0.1) is 11.8 Å². The second-order valence-corrected chi connectivity index (χ2v) is 9.95. The van der Waals surface area contributed by atoms with Gasteiger partial charge in [-0.25, -0.2) is 21.6 Å². The fourth-order valence-electron chi connectivity index (χ4n) is 3.32. The summed E-state index contributed by atoms with van der Waals surface area (Å²) in [5.74, 6) is -3.37. The number of nitrogens with zero attached hydrogens (tertiary/aromatic N) is 1. The van der Waals surface area contributed by atoms with Crippen molar-refractivity contribution in [3.8, 4) is 0 Å². The highest BCUT2D eigenvalue weighted by Gasteiger charge is 2.30. The number of benzene rings is 3. The van der Waals surface area contributed by atoms with Crippen molar-refractivity contribution in [2.75, 3.05) is 16.6 Å². The second-order valence-electron chi connectivity index (χ2n) is 6.95. The van der Waals surface area contributed by atoms with Crippen molar-refractivity contribution in [1.29, 1.82) is 0 Å². The van der Waals surface area contributed by atoms with Crippen molar-refractivity contribution < 1.29 is 26.4 Å². The first-order valence-electron chi connectivity index (χ1n) is 9.53. The largest absolute Gasteiger partial charge is 0.348 e. The molecule has 0 saturated carbocycles. The summed E-state index contributed by atoms with van der Waals surface area (Å²) in [6, 6.07) is 13.6. The molecule has 0 aromatic heterocycles. The first-order valence-corrected chi connectivity index (χ1v) is 12.0. The van der Waals surface area contributed by atoms with Crippen LogP contribution >= 0.6 is 11.8 Å². The van der Waals surface area contributed by atoms with E-state index in [1.807, 2.05) is 0 Å². The molecule has 3 aromatic carbocycles. The number of sulfonamides is 1. The molecule has 10 heteroatoms. The Kier molecular flexibility index (Phi) is 6.16. The maximum atomic E-state index is 13.8. The highest BCUT2D eigenvalue weighted by atomic mass is 32.2. The zero-order valence-electron chi connectivity index (χ0n) is 16.5. The Morgan fingerprint density at radius 2 is 1.69 bits per heavy atom. The van der Waals surface area contributed by atoms with Gasteiger partial charge in [0, 0.05) is 47.0 Å². The minimum atomic E-state index is -3.83. The van der Waals surface area contributed by atoms with Gasteiger partial charge in [-0.3, -0.25) is 9.10 Å². The van der Waals surface area contributed by atoms with E-state index in [-0.39, 0.29) is 17.0 Å². The smallest absolute Gasteiger partial charge is 0.264 e. The van der Waals surface area contributed by atoms with Crippen molar-refractivity contribution >= 4 is 33.4 Å². The van der Waals surface area contributed by atoms with E-state index in [0.29, 0.717) is 28.5 Å². The van der Waals surface area contributed by atoms with Crippen LogP contribution in [0.5, 0.6) is 0 Å². The van der Waals surface area contributed by atoms with Crippen LogP contribution < -0.4 is 9.62 Å². The molecule has 32 heavy (non-hydrogen) atoms. The topological polar surface area (TPSA) is 66.5 Å². The Morgan fingerprint density at radius 1 is 1.00 bits per heavy atom. The summed E-state index contributed by atoms with van der Waals surface area (Å²) in [4.78, 5) is 13.4.